The number of alkyl carbamates (subject to hydrolysis) is 1. The number of benzene rings is 2. The van der Waals surface area contributed by atoms with Crippen molar-refractivity contribution in [3.63, 3.8) is 0 Å². The fourth-order valence-electron chi connectivity index (χ4n) is 2.81. The van der Waals surface area contributed by atoms with Crippen molar-refractivity contribution < 1.29 is 23.9 Å². The molecule has 0 aliphatic carbocycles. The van der Waals surface area contributed by atoms with Gasteiger partial charge < -0.3 is 20.1 Å². The summed E-state index contributed by atoms with van der Waals surface area (Å²) in [5, 5.41) is 5.29. The van der Waals surface area contributed by atoms with Crippen LogP contribution in [0.1, 0.15) is 37.9 Å². The van der Waals surface area contributed by atoms with Crippen LogP contribution in [0.5, 0.6) is 0 Å². The van der Waals surface area contributed by atoms with E-state index in [1.54, 1.807) is 51.1 Å². The van der Waals surface area contributed by atoms with E-state index in [0.29, 0.717) is 5.56 Å². The highest BCUT2D eigenvalue weighted by Gasteiger charge is 2.30. The number of esters is 1. The Labute approximate surface area is 176 Å². The third kappa shape index (κ3) is 7.24. The highest BCUT2D eigenvalue weighted by atomic mass is 16.6. The summed E-state index contributed by atoms with van der Waals surface area (Å²) in [7, 11) is 1.26. The van der Waals surface area contributed by atoms with E-state index in [9.17, 15) is 14.4 Å². The first-order valence-corrected chi connectivity index (χ1v) is 9.66. The maximum absolute atomic E-state index is 13.1. The minimum atomic E-state index is -1.04. The van der Waals surface area contributed by atoms with E-state index in [-0.39, 0.29) is 6.42 Å². The molecule has 0 aliphatic rings. The Kier molecular flexibility index (Phi) is 7.98. The maximum atomic E-state index is 13.1. The normalized spacial score (nSPS) is 12.9. The van der Waals surface area contributed by atoms with Crippen LogP contribution in [0.4, 0.5) is 4.79 Å². The average molecular weight is 412 g/mol. The van der Waals surface area contributed by atoms with Gasteiger partial charge in [0.2, 0.25) is 5.91 Å². The van der Waals surface area contributed by atoms with E-state index in [0.717, 1.165) is 5.56 Å². The number of hydrogen-bond acceptors (Lipinski definition) is 5. The predicted molar refractivity (Wildman–Crippen MR) is 113 cm³/mol. The van der Waals surface area contributed by atoms with Gasteiger partial charge in [-0.2, -0.15) is 0 Å². The third-order valence-corrected chi connectivity index (χ3v) is 4.14. The summed E-state index contributed by atoms with van der Waals surface area (Å²) in [4.78, 5) is 37.7. The molecule has 2 N–H and O–H groups in total. The molecule has 7 heteroatoms. The van der Waals surface area contributed by atoms with Crippen LogP contribution in [-0.4, -0.2) is 36.7 Å². The Hall–Kier alpha value is -3.35. The van der Waals surface area contributed by atoms with E-state index in [1.807, 2.05) is 30.3 Å². The lowest BCUT2D eigenvalue weighted by molar-refractivity contribution is -0.145. The predicted octanol–water partition coefficient (Wildman–Crippen LogP) is 3.15. The summed E-state index contributed by atoms with van der Waals surface area (Å²) < 4.78 is 10.1. The van der Waals surface area contributed by atoms with Crippen molar-refractivity contribution in [3.05, 3.63) is 71.8 Å². The first-order valence-electron chi connectivity index (χ1n) is 9.66. The molecule has 2 atom stereocenters. The van der Waals surface area contributed by atoms with Crippen molar-refractivity contribution >= 4 is 18.0 Å². The quantitative estimate of drug-likeness (QED) is 0.682. The van der Waals surface area contributed by atoms with Crippen molar-refractivity contribution in [2.75, 3.05) is 7.11 Å². The van der Waals surface area contributed by atoms with Crippen LogP contribution in [0, 0.1) is 0 Å². The van der Waals surface area contributed by atoms with Crippen LogP contribution in [0.3, 0.4) is 0 Å². The Bertz CT molecular complexity index is 847. The molecule has 7 nitrogen and oxygen atoms in total. The summed E-state index contributed by atoms with van der Waals surface area (Å²) in [6.07, 6.45) is -0.475. The lowest BCUT2D eigenvalue weighted by Crippen LogP contribution is -2.49. The van der Waals surface area contributed by atoms with Crippen LogP contribution in [0.25, 0.3) is 0 Å². The van der Waals surface area contributed by atoms with Gasteiger partial charge in [0, 0.05) is 6.42 Å². The summed E-state index contributed by atoms with van der Waals surface area (Å²) >= 11 is 0. The SMILES string of the molecule is COC(=O)[C@H](Cc1ccccc1)NC(=O)[C@@H](NC(=O)OC(C)(C)C)c1ccccc1. The molecule has 0 aliphatic heterocycles. The molecule has 2 rings (SSSR count). The molecule has 30 heavy (non-hydrogen) atoms. The number of carbonyl (C=O) groups is 3. The zero-order valence-electron chi connectivity index (χ0n) is 17.7. The highest BCUT2D eigenvalue weighted by molar-refractivity contribution is 5.90. The number of carbonyl (C=O) groups excluding carboxylic acids is 3. The zero-order chi connectivity index (χ0) is 22.1. The van der Waals surface area contributed by atoms with Gasteiger partial charge in [-0.25, -0.2) is 9.59 Å². The van der Waals surface area contributed by atoms with Crippen molar-refractivity contribution in [3.8, 4) is 0 Å². The number of rotatable bonds is 7. The van der Waals surface area contributed by atoms with Gasteiger partial charge in [-0.15, -0.1) is 0 Å². The Morgan fingerprint density at radius 3 is 2.00 bits per heavy atom. The first kappa shape index (κ1) is 22.9. The Balaban J connectivity index is 2.22. The van der Waals surface area contributed by atoms with Gasteiger partial charge in [-0.1, -0.05) is 60.7 Å². The van der Waals surface area contributed by atoms with Crippen molar-refractivity contribution in [2.24, 2.45) is 0 Å². The Morgan fingerprint density at radius 2 is 1.47 bits per heavy atom. The molecule has 160 valence electrons. The second-order valence-corrected chi connectivity index (χ2v) is 7.76. The number of methoxy groups -OCH3 is 1. The molecule has 0 aromatic heterocycles. The largest absolute Gasteiger partial charge is 0.467 e. The summed E-state index contributed by atoms with van der Waals surface area (Å²) in [6.45, 7) is 5.20. The third-order valence-electron chi connectivity index (χ3n) is 4.14. The highest BCUT2D eigenvalue weighted by Crippen LogP contribution is 2.16. The molecule has 2 aromatic rings. The molecular weight excluding hydrogens is 384 g/mol. The average Bonchev–Trinajstić information content (AvgIpc) is 2.71. The van der Waals surface area contributed by atoms with Crippen LogP contribution in [0.2, 0.25) is 0 Å². The van der Waals surface area contributed by atoms with Crippen LogP contribution in [-0.2, 0) is 25.5 Å². The van der Waals surface area contributed by atoms with Crippen LogP contribution >= 0.6 is 0 Å². The number of hydrogen-bond donors (Lipinski definition) is 2. The minimum absolute atomic E-state index is 0.257. The van der Waals surface area contributed by atoms with E-state index in [2.05, 4.69) is 10.6 Å². The Morgan fingerprint density at radius 1 is 0.900 bits per heavy atom. The molecule has 2 aromatic carbocycles. The summed E-state index contributed by atoms with van der Waals surface area (Å²) in [5.74, 6) is -1.12. The van der Waals surface area contributed by atoms with Gasteiger partial charge in [0.15, 0.2) is 0 Å². The second-order valence-electron chi connectivity index (χ2n) is 7.76. The topological polar surface area (TPSA) is 93.7 Å². The summed E-state index contributed by atoms with van der Waals surface area (Å²) in [6, 6.07) is 16.1. The van der Waals surface area contributed by atoms with E-state index < -0.39 is 35.7 Å². The van der Waals surface area contributed by atoms with Crippen molar-refractivity contribution in [1.82, 2.24) is 10.6 Å². The first-order chi connectivity index (χ1) is 14.2. The monoisotopic (exact) mass is 412 g/mol. The number of amides is 2. The fourth-order valence-corrected chi connectivity index (χ4v) is 2.81. The van der Waals surface area contributed by atoms with Gasteiger partial charge in [-0.05, 0) is 31.9 Å². The molecule has 0 spiro atoms. The molecule has 0 saturated carbocycles. The molecule has 0 radical (unpaired) electrons. The molecule has 0 saturated heterocycles. The lowest BCUT2D eigenvalue weighted by Gasteiger charge is -2.25. The standard InChI is InChI=1S/C23H28N2O5/c1-23(2,3)30-22(28)25-19(17-13-9-6-10-14-17)20(26)24-18(21(27)29-4)15-16-11-7-5-8-12-16/h5-14,18-19H,15H2,1-4H3,(H,24,26)(H,25,28)/t18-,19-/m0/s1. The van der Waals surface area contributed by atoms with Crippen molar-refractivity contribution in [1.29, 1.82) is 0 Å². The molecular formula is C23H28N2O5. The van der Waals surface area contributed by atoms with Crippen LogP contribution in [0.15, 0.2) is 60.7 Å². The van der Waals surface area contributed by atoms with E-state index in [4.69, 9.17) is 9.47 Å². The minimum Gasteiger partial charge on any atom is -0.467 e. The van der Waals surface area contributed by atoms with Crippen molar-refractivity contribution in [2.45, 2.75) is 44.9 Å². The molecule has 2 amide bonds. The molecule has 0 unspecified atom stereocenters. The smallest absolute Gasteiger partial charge is 0.408 e. The van der Waals surface area contributed by atoms with E-state index >= 15 is 0 Å². The van der Waals surface area contributed by atoms with E-state index in [1.165, 1.54) is 7.11 Å². The lowest BCUT2D eigenvalue weighted by atomic mass is 10.0. The van der Waals surface area contributed by atoms with Gasteiger partial charge >= 0.3 is 12.1 Å². The second kappa shape index (κ2) is 10.4. The molecule has 0 fully saturated rings. The zero-order valence-corrected chi connectivity index (χ0v) is 17.7. The van der Waals surface area contributed by atoms with Gasteiger partial charge in [0.1, 0.15) is 17.7 Å². The fraction of sp³-hybridized carbons (Fsp3) is 0.348. The molecule has 0 bridgehead atoms. The van der Waals surface area contributed by atoms with Gasteiger partial charge in [0.05, 0.1) is 7.11 Å². The number of ether oxygens (including phenoxy) is 2. The summed E-state index contributed by atoms with van der Waals surface area (Å²) in [5.41, 5.74) is 0.706. The number of nitrogens with one attached hydrogen (secondary N) is 2. The maximum Gasteiger partial charge on any atom is 0.408 e. The van der Waals surface area contributed by atoms with Gasteiger partial charge in [-0.3, -0.25) is 4.79 Å². The van der Waals surface area contributed by atoms with Gasteiger partial charge in [0.25, 0.3) is 0 Å². The molecule has 0 heterocycles. The van der Waals surface area contributed by atoms with Crippen LogP contribution < -0.4 is 10.6 Å².